The van der Waals surface area contributed by atoms with Crippen LogP contribution in [0.25, 0.3) is 11.0 Å². The Morgan fingerprint density at radius 2 is 1.79 bits per heavy atom. The summed E-state index contributed by atoms with van der Waals surface area (Å²) in [5.74, 6) is 1.11. The molecular formula is C26H18BrNO5S. The highest BCUT2D eigenvalue weighted by Crippen LogP contribution is 2.41. The largest absolute Gasteiger partial charge is 0.454 e. The Hall–Kier alpha value is -3.23. The van der Waals surface area contributed by atoms with Gasteiger partial charge in [0.25, 0.3) is 5.91 Å². The molecule has 170 valence electrons. The summed E-state index contributed by atoms with van der Waals surface area (Å²) in [4.78, 5) is 30.1. The summed E-state index contributed by atoms with van der Waals surface area (Å²) >= 11 is 5.07. The van der Waals surface area contributed by atoms with Crippen LogP contribution >= 0.6 is 27.7 Å². The van der Waals surface area contributed by atoms with Gasteiger partial charge in [0.15, 0.2) is 16.9 Å². The predicted octanol–water partition coefficient (Wildman–Crippen LogP) is 5.75. The molecule has 0 spiro atoms. The lowest BCUT2D eigenvalue weighted by molar-refractivity contribution is 0.0714. The first-order valence-electron chi connectivity index (χ1n) is 10.6. The molecular weight excluding hydrogens is 518 g/mol. The van der Waals surface area contributed by atoms with E-state index in [0.717, 1.165) is 20.5 Å². The van der Waals surface area contributed by atoms with Gasteiger partial charge in [0.1, 0.15) is 5.58 Å². The van der Waals surface area contributed by atoms with Crippen molar-refractivity contribution in [2.24, 2.45) is 0 Å². The summed E-state index contributed by atoms with van der Waals surface area (Å²) in [7, 11) is 0. The Labute approximate surface area is 207 Å². The van der Waals surface area contributed by atoms with Crippen LogP contribution in [0, 0.1) is 0 Å². The second-order valence-corrected chi connectivity index (χ2v) is 9.91. The van der Waals surface area contributed by atoms with Crippen molar-refractivity contribution in [3.05, 3.63) is 97.8 Å². The zero-order chi connectivity index (χ0) is 23.4. The van der Waals surface area contributed by atoms with Gasteiger partial charge in [0.05, 0.1) is 17.0 Å². The molecule has 0 unspecified atom stereocenters. The van der Waals surface area contributed by atoms with Gasteiger partial charge < -0.3 is 18.8 Å². The molecule has 34 heavy (non-hydrogen) atoms. The molecule has 0 saturated heterocycles. The smallest absolute Gasteiger partial charge is 0.291 e. The van der Waals surface area contributed by atoms with Crippen molar-refractivity contribution in [3.63, 3.8) is 0 Å². The van der Waals surface area contributed by atoms with Crippen molar-refractivity contribution in [1.82, 2.24) is 4.90 Å². The molecule has 0 saturated carbocycles. The number of hydrogen-bond acceptors (Lipinski definition) is 6. The molecule has 6 nitrogen and oxygen atoms in total. The molecule has 0 aliphatic carbocycles. The van der Waals surface area contributed by atoms with Gasteiger partial charge in [-0.1, -0.05) is 34.1 Å². The van der Waals surface area contributed by atoms with Gasteiger partial charge in [-0.05, 0) is 59.8 Å². The van der Waals surface area contributed by atoms with E-state index in [1.54, 1.807) is 34.9 Å². The summed E-state index contributed by atoms with van der Waals surface area (Å²) in [6.45, 7) is 0.464. The number of rotatable bonds is 4. The number of fused-ring (bicyclic) bond motifs is 3. The second-order valence-electron chi connectivity index (χ2n) is 8.11. The Morgan fingerprint density at radius 1 is 1.00 bits per heavy atom. The summed E-state index contributed by atoms with van der Waals surface area (Å²) < 4.78 is 17.7. The van der Waals surface area contributed by atoms with Gasteiger partial charge in [0, 0.05) is 15.9 Å². The number of halogens is 1. The average molecular weight is 536 g/mol. The summed E-state index contributed by atoms with van der Waals surface area (Å²) in [5, 5.41) is 0.441. The third-order valence-corrected chi connectivity index (χ3v) is 7.39. The highest BCUT2D eigenvalue weighted by Gasteiger charge is 2.42. The van der Waals surface area contributed by atoms with Crippen LogP contribution in [-0.4, -0.2) is 23.9 Å². The maximum Gasteiger partial charge on any atom is 0.291 e. The van der Waals surface area contributed by atoms with Crippen LogP contribution in [0.2, 0.25) is 0 Å². The van der Waals surface area contributed by atoms with Crippen LogP contribution in [0.3, 0.4) is 0 Å². The lowest BCUT2D eigenvalue weighted by Gasteiger charge is -2.25. The molecule has 6 rings (SSSR count). The first-order valence-corrected chi connectivity index (χ1v) is 12.6. The highest BCUT2D eigenvalue weighted by molar-refractivity contribution is 9.10. The molecule has 3 heterocycles. The molecule has 1 aromatic heterocycles. The number of carbonyl (C=O) groups excluding carboxylic acids is 1. The van der Waals surface area contributed by atoms with Crippen LogP contribution in [0.5, 0.6) is 11.5 Å². The molecule has 0 bridgehead atoms. The minimum atomic E-state index is -0.566. The van der Waals surface area contributed by atoms with Crippen LogP contribution in [-0.2, 0) is 6.54 Å². The van der Waals surface area contributed by atoms with Crippen molar-refractivity contribution >= 4 is 44.6 Å². The molecule has 2 aliphatic heterocycles. The normalized spacial score (nSPS) is 16.4. The van der Waals surface area contributed by atoms with Crippen LogP contribution in [0.1, 0.15) is 33.3 Å². The first kappa shape index (κ1) is 21.3. The zero-order valence-corrected chi connectivity index (χ0v) is 20.4. The molecule has 3 aromatic carbocycles. The van der Waals surface area contributed by atoms with E-state index in [-0.39, 0.29) is 30.4 Å². The van der Waals surface area contributed by atoms with Crippen molar-refractivity contribution in [2.45, 2.75) is 17.5 Å². The molecule has 1 amide bonds. The van der Waals surface area contributed by atoms with E-state index in [1.165, 1.54) is 0 Å². The Balaban J connectivity index is 1.51. The molecule has 2 aliphatic rings. The van der Waals surface area contributed by atoms with E-state index in [9.17, 15) is 9.59 Å². The summed E-state index contributed by atoms with van der Waals surface area (Å²) in [6.07, 6.45) is 2.01. The van der Waals surface area contributed by atoms with E-state index < -0.39 is 6.04 Å². The van der Waals surface area contributed by atoms with Gasteiger partial charge >= 0.3 is 0 Å². The molecule has 0 N–H and O–H groups in total. The van der Waals surface area contributed by atoms with Crippen LogP contribution < -0.4 is 14.9 Å². The lowest BCUT2D eigenvalue weighted by Crippen LogP contribution is -2.29. The minimum Gasteiger partial charge on any atom is -0.454 e. The number of nitrogens with zero attached hydrogens (tertiary/aromatic N) is 1. The maximum absolute atomic E-state index is 13.7. The number of hydrogen-bond donors (Lipinski definition) is 0. The fourth-order valence-corrected chi connectivity index (χ4v) is 5.29. The van der Waals surface area contributed by atoms with Gasteiger partial charge in [-0.25, -0.2) is 0 Å². The first-order chi connectivity index (χ1) is 16.5. The topological polar surface area (TPSA) is 69.0 Å². The molecule has 0 fully saturated rings. The quantitative estimate of drug-likeness (QED) is 0.310. The second kappa shape index (κ2) is 8.21. The Kier molecular flexibility index (Phi) is 5.15. The van der Waals surface area contributed by atoms with Crippen LogP contribution in [0.4, 0.5) is 0 Å². The van der Waals surface area contributed by atoms with E-state index in [1.807, 2.05) is 48.7 Å². The third kappa shape index (κ3) is 3.40. The standard InChI is InChI=1S/C26H18BrNO5S/c1-34-17-6-3-15(4-7-17)23-22-24(29)18-11-16(27)5-9-19(18)33-25(22)26(30)28(23)12-14-2-8-20-21(10-14)32-13-31-20/h2-11,23H,12-13H2,1H3/t23-/m0/s1. The molecule has 0 radical (unpaired) electrons. The zero-order valence-electron chi connectivity index (χ0n) is 18.0. The number of benzene rings is 3. The van der Waals surface area contributed by atoms with Gasteiger partial charge in [-0.3, -0.25) is 9.59 Å². The van der Waals surface area contributed by atoms with Gasteiger partial charge in [-0.2, -0.15) is 0 Å². The van der Waals surface area contributed by atoms with Crippen molar-refractivity contribution in [1.29, 1.82) is 0 Å². The minimum absolute atomic E-state index is 0.0968. The summed E-state index contributed by atoms with van der Waals surface area (Å²) in [6, 6.07) is 18.2. The fraction of sp³-hybridized carbons (Fsp3) is 0.154. The monoisotopic (exact) mass is 535 g/mol. The number of amides is 1. The third-order valence-electron chi connectivity index (χ3n) is 6.15. The highest BCUT2D eigenvalue weighted by atomic mass is 79.9. The Bertz CT molecular complexity index is 1510. The lowest BCUT2D eigenvalue weighted by atomic mass is 9.98. The Morgan fingerprint density at radius 3 is 2.59 bits per heavy atom. The number of ether oxygens (including phenoxy) is 2. The molecule has 8 heteroatoms. The number of carbonyl (C=O) groups is 1. The van der Waals surface area contributed by atoms with Crippen molar-refractivity contribution in [3.8, 4) is 11.5 Å². The van der Waals surface area contributed by atoms with E-state index >= 15 is 0 Å². The SMILES string of the molecule is CSc1ccc([C@H]2c3c(oc4ccc(Br)cc4c3=O)C(=O)N2Cc2ccc3c(c2)OCO3)cc1. The average Bonchev–Trinajstić information content (AvgIpc) is 3.43. The van der Waals surface area contributed by atoms with Crippen LogP contribution in [0.15, 0.2) is 79.2 Å². The van der Waals surface area contributed by atoms with Crippen molar-refractivity contribution in [2.75, 3.05) is 13.0 Å². The molecule has 1 atom stereocenters. The van der Waals surface area contributed by atoms with E-state index in [4.69, 9.17) is 13.9 Å². The van der Waals surface area contributed by atoms with E-state index in [2.05, 4.69) is 15.9 Å². The van der Waals surface area contributed by atoms with E-state index in [0.29, 0.717) is 28.0 Å². The maximum atomic E-state index is 13.7. The number of thioether (sulfide) groups is 1. The molecule has 4 aromatic rings. The van der Waals surface area contributed by atoms with Gasteiger partial charge in [-0.15, -0.1) is 11.8 Å². The van der Waals surface area contributed by atoms with Crippen molar-refractivity contribution < 1.29 is 18.7 Å². The summed E-state index contributed by atoms with van der Waals surface area (Å²) in [5.41, 5.74) is 2.29. The van der Waals surface area contributed by atoms with Gasteiger partial charge in [0.2, 0.25) is 12.6 Å². The fourth-order valence-electron chi connectivity index (χ4n) is 4.52. The predicted molar refractivity (Wildman–Crippen MR) is 133 cm³/mol.